The number of anilines is 1. The van der Waals surface area contributed by atoms with Crippen LogP contribution in [-0.4, -0.2) is 18.8 Å². The highest BCUT2D eigenvalue weighted by Gasteiger charge is 2.22. The Balaban J connectivity index is 2.00. The van der Waals surface area contributed by atoms with Crippen LogP contribution in [0, 0.1) is 0 Å². The molecular weight excluding hydrogens is 392 g/mol. The molecular formula is C17H11BrN2O3S. The van der Waals surface area contributed by atoms with Gasteiger partial charge in [0.15, 0.2) is 0 Å². The molecule has 120 valence electrons. The van der Waals surface area contributed by atoms with Gasteiger partial charge < -0.3 is 5.32 Å². The Hall–Kier alpha value is -2.22. The summed E-state index contributed by atoms with van der Waals surface area (Å²) in [5.74, 6) is 0.669. The van der Waals surface area contributed by atoms with Crippen molar-refractivity contribution < 1.29 is 13.0 Å². The standard InChI is InChI=1S/C17H11BrN2O3S/c18-12-6-2-1-4-10(12)17-19-13-7-3-5-11-15(24(21,22)23)9-8-14(20-17)16(11)13/h1-9H,(H,19,20)(H,21,22,23). The minimum atomic E-state index is -4.30. The minimum absolute atomic E-state index is 0.121. The molecule has 1 aliphatic rings. The minimum Gasteiger partial charge on any atom is -0.339 e. The van der Waals surface area contributed by atoms with Gasteiger partial charge in [0.05, 0.1) is 5.69 Å². The van der Waals surface area contributed by atoms with Crippen molar-refractivity contribution in [3.63, 3.8) is 0 Å². The second kappa shape index (κ2) is 5.41. The maximum absolute atomic E-state index is 11.6. The lowest BCUT2D eigenvalue weighted by Crippen LogP contribution is -2.17. The van der Waals surface area contributed by atoms with E-state index in [9.17, 15) is 13.0 Å². The first-order valence-electron chi connectivity index (χ1n) is 7.09. The van der Waals surface area contributed by atoms with Crippen LogP contribution in [0.5, 0.6) is 0 Å². The summed E-state index contributed by atoms with van der Waals surface area (Å²) in [5.41, 5.74) is 2.30. The molecule has 0 radical (unpaired) electrons. The predicted octanol–water partition coefficient (Wildman–Crippen LogP) is 4.35. The average Bonchev–Trinajstić information content (AvgIpc) is 2.54. The molecule has 1 aliphatic heterocycles. The highest BCUT2D eigenvalue weighted by atomic mass is 79.9. The van der Waals surface area contributed by atoms with E-state index >= 15 is 0 Å². The molecule has 0 atom stereocenters. The topological polar surface area (TPSA) is 78.8 Å². The van der Waals surface area contributed by atoms with Crippen molar-refractivity contribution in [2.45, 2.75) is 4.90 Å². The summed E-state index contributed by atoms with van der Waals surface area (Å²) in [7, 11) is -4.30. The zero-order valence-corrected chi connectivity index (χ0v) is 14.6. The number of benzene rings is 3. The number of hydrogen-bond donors (Lipinski definition) is 2. The van der Waals surface area contributed by atoms with Crippen molar-refractivity contribution in [3.05, 3.63) is 64.6 Å². The Labute approximate surface area is 146 Å². The highest BCUT2D eigenvalue weighted by Crippen LogP contribution is 2.39. The molecule has 0 spiro atoms. The Morgan fingerprint density at radius 2 is 1.79 bits per heavy atom. The van der Waals surface area contributed by atoms with Crippen LogP contribution >= 0.6 is 15.9 Å². The van der Waals surface area contributed by atoms with E-state index in [0.717, 1.165) is 15.7 Å². The van der Waals surface area contributed by atoms with Crippen LogP contribution in [0.3, 0.4) is 0 Å². The normalized spacial score (nSPS) is 13.5. The van der Waals surface area contributed by atoms with E-state index in [-0.39, 0.29) is 4.90 Å². The molecule has 0 aliphatic carbocycles. The number of hydrogen-bond acceptors (Lipinski definition) is 4. The van der Waals surface area contributed by atoms with Crippen molar-refractivity contribution in [3.8, 4) is 0 Å². The van der Waals surface area contributed by atoms with Gasteiger partial charge in [-0.25, -0.2) is 4.99 Å². The van der Waals surface area contributed by atoms with Gasteiger partial charge in [-0.05, 0) is 24.3 Å². The van der Waals surface area contributed by atoms with Gasteiger partial charge in [0.1, 0.15) is 10.7 Å². The summed E-state index contributed by atoms with van der Waals surface area (Å²) in [6.45, 7) is 0. The summed E-state index contributed by atoms with van der Waals surface area (Å²) in [6.07, 6.45) is 0. The fraction of sp³-hybridized carbons (Fsp3) is 0. The summed E-state index contributed by atoms with van der Waals surface area (Å²) in [6, 6.07) is 15.9. The number of aliphatic imine (C=N–C) groups is 1. The van der Waals surface area contributed by atoms with E-state index in [4.69, 9.17) is 0 Å². The number of nitrogens with zero attached hydrogens (tertiary/aromatic N) is 1. The number of rotatable bonds is 2. The van der Waals surface area contributed by atoms with E-state index in [0.29, 0.717) is 22.3 Å². The summed E-state index contributed by atoms with van der Waals surface area (Å²) >= 11 is 3.51. The lowest BCUT2D eigenvalue weighted by Gasteiger charge is -2.20. The maximum atomic E-state index is 11.6. The second-order valence-electron chi connectivity index (χ2n) is 5.35. The Morgan fingerprint density at radius 1 is 1.00 bits per heavy atom. The van der Waals surface area contributed by atoms with E-state index in [2.05, 4.69) is 26.2 Å². The van der Waals surface area contributed by atoms with Crippen LogP contribution in [0.25, 0.3) is 10.8 Å². The Bertz CT molecular complexity index is 1120. The van der Waals surface area contributed by atoms with Crippen molar-refractivity contribution in [1.29, 1.82) is 0 Å². The van der Waals surface area contributed by atoms with Crippen molar-refractivity contribution in [2.24, 2.45) is 4.99 Å². The highest BCUT2D eigenvalue weighted by molar-refractivity contribution is 9.10. The smallest absolute Gasteiger partial charge is 0.295 e. The molecule has 4 rings (SSSR count). The lowest BCUT2D eigenvalue weighted by molar-refractivity contribution is 0.484. The van der Waals surface area contributed by atoms with Gasteiger partial charge in [0.25, 0.3) is 10.1 Å². The molecule has 0 fully saturated rings. The number of halogens is 1. The SMILES string of the molecule is O=S(=O)(O)c1ccc2c3c(cccc13)NC(c1ccccc1Br)=N2. The van der Waals surface area contributed by atoms with Crippen molar-refractivity contribution >= 4 is 54.0 Å². The first-order valence-corrected chi connectivity index (χ1v) is 9.32. The quantitative estimate of drug-likeness (QED) is 0.624. The third kappa shape index (κ3) is 2.41. The monoisotopic (exact) mass is 402 g/mol. The van der Waals surface area contributed by atoms with Crippen LogP contribution in [0.1, 0.15) is 5.56 Å². The zero-order valence-electron chi connectivity index (χ0n) is 12.2. The zero-order chi connectivity index (χ0) is 16.9. The number of amidine groups is 1. The van der Waals surface area contributed by atoms with Gasteiger partial charge >= 0.3 is 0 Å². The molecule has 0 aromatic heterocycles. The van der Waals surface area contributed by atoms with Gasteiger partial charge in [0.2, 0.25) is 0 Å². The first-order chi connectivity index (χ1) is 11.4. The van der Waals surface area contributed by atoms with Crippen LogP contribution in [0.4, 0.5) is 11.4 Å². The largest absolute Gasteiger partial charge is 0.339 e. The van der Waals surface area contributed by atoms with Crippen LogP contribution in [-0.2, 0) is 10.1 Å². The summed E-state index contributed by atoms with van der Waals surface area (Å²) < 4.78 is 33.5. The van der Waals surface area contributed by atoms with Gasteiger partial charge in [0, 0.05) is 26.5 Å². The predicted molar refractivity (Wildman–Crippen MR) is 97.7 cm³/mol. The second-order valence-corrected chi connectivity index (χ2v) is 7.60. The third-order valence-electron chi connectivity index (χ3n) is 3.87. The Kier molecular flexibility index (Phi) is 3.45. The molecule has 5 nitrogen and oxygen atoms in total. The molecule has 7 heteroatoms. The molecule has 0 amide bonds. The average molecular weight is 403 g/mol. The number of nitrogens with one attached hydrogen (secondary N) is 1. The van der Waals surface area contributed by atoms with Gasteiger partial charge in [-0.1, -0.05) is 46.3 Å². The molecule has 3 aromatic carbocycles. The van der Waals surface area contributed by atoms with E-state index < -0.39 is 10.1 Å². The van der Waals surface area contributed by atoms with Crippen molar-refractivity contribution in [1.82, 2.24) is 0 Å². The molecule has 3 aromatic rings. The van der Waals surface area contributed by atoms with E-state index in [1.54, 1.807) is 18.2 Å². The summed E-state index contributed by atoms with van der Waals surface area (Å²) in [4.78, 5) is 4.50. The molecule has 2 N–H and O–H groups in total. The fourth-order valence-corrected chi connectivity index (χ4v) is 4.00. The molecule has 0 saturated carbocycles. The Morgan fingerprint density at radius 3 is 2.54 bits per heavy atom. The fourth-order valence-electron chi connectivity index (χ4n) is 2.84. The van der Waals surface area contributed by atoms with E-state index in [1.807, 2.05) is 30.3 Å². The van der Waals surface area contributed by atoms with Gasteiger partial charge in [-0.3, -0.25) is 4.55 Å². The molecule has 0 unspecified atom stereocenters. The molecule has 0 saturated heterocycles. The van der Waals surface area contributed by atoms with Crippen LogP contribution < -0.4 is 5.32 Å². The van der Waals surface area contributed by atoms with E-state index in [1.165, 1.54) is 6.07 Å². The van der Waals surface area contributed by atoms with Crippen LogP contribution in [0.15, 0.2) is 69.0 Å². The molecule has 24 heavy (non-hydrogen) atoms. The summed E-state index contributed by atoms with van der Waals surface area (Å²) in [5, 5.41) is 4.35. The van der Waals surface area contributed by atoms with Crippen molar-refractivity contribution in [2.75, 3.05) is 5.32 Å². The van der Waals surface area contributed by atoms with Crippen LogP contribution in [0.2, 0.25) is 0 Å². The third-order valence-corrected chi connectivity index (χ3v) is 5.47. The van der Waals surface area contributed by atoms with Gasteiger partial charge in [-0.2, -0.15) is 8.42 Å². The maximum Gasteiger partial charge on any atom is 0.295 e. The molecule has 0 bridgehead atoms. The first kappa shape index (κ1) is 15.3. The molecule has 1 heterocycles. The van der Waals surface area contributed by atoms with Gasteiger partial charge in [-0.15, -0.1) is 0 Å². The lowest BCUT2D eigenvalue weighted by atomic mass is 10.0.